The summed E-state index contributed by atoms with van der Waals surface area (Å²) in [5.41, 5.74) is 2.12. The molecule has 6 heteroatoms. The van der Waals surface area contributed by atoms with E-state index in [2.05, 4.69) is 5.32 Å². The molecule has 116 valence electrons. The van der Waals surface area contributed by atoms with Crippen molar-refractivity contribution in [2.24, 2.45) is 0 Å². The number of rotatable bonds is 6. The number of hydrogen-bond donors (Lipinski definition) is 1. The highest BCUT2D eigenvalue weighted by molar-refractivity contribution is 6.39. The van der Waals surface area contributed by atoms with Crippen LogP contribution in [0.25, 0.3) is 0 Å². The van der Waals surface area contributed by atoms with E-state index in [1.165, 1.54) is 7.11 Å². The highest BCUT2D eigenvalue weighted by atomic mass is 35.5. The average Bonchev–Trinajstić information content (AvgIpc) is 2.50. The first kappa shape index (κ1) is 16.6. The van der Waals surface area contributed by atoms with Gasteiger partial charge in [0, 0.05) is 12.8 Å². The lowest BCUT2D eigenvalue weighted by Gasteiger charge is -2.14. The van der Waals surface area contributed by atoms with Crippen molar-refractivity contribution in [2.75, 3.05) is 19.2 Å². The van der Waals surface area contributed by atoms with Gasteiger partial charge in [0.2, 0.25) is 0 Å². The summed E-state index contributed by atoms with van der Waals surface area (Å²) in [4.78, 5) is 11.7. The van der Waals surface area contributed by atoms with Crippen molar-refractivity contribution >= 4 is 40.5 Å². The van der Waals surface area contributed by atoms with Gasteiger partial charge in [-0.25, -0.2) is 0 Å². The molecule has 0 heterocycles. The van der Waals surface area contributed by atoms with Gasteiger partial charge in [0.25, 0.3) is 0 Å². The standard InChI is InChI=1S/C16H15Cl2NO3/c1-21-10-22-15(20)9-11-5-2-3-8-14(11)19-16-12(17)6-4-7-13(16)18/h2-8,19H,9-10H2,1H3. The van der Waals surface area contributed by atoms with Crippen LogP contribution in [0.5, 0.6) is 0 Å². The summed E-state index contributed by atoms with van der Waals surface area (Å²) in [6.07, 6.45) is 0.120. The molecule has 0 aliphatic carbocycles. The minimum absolute atomic E-state index is 0.0647. The maximum Gasteiger partial charge on any atom is 0.312 e. The Hall–Kier alpha value is -1.75. The molecule has 4 nitrogen and oxygen atoms in total. The van der Waals surface area contributed by atoms with Crippen LogP contribution in [-0.2, 0) is 20.7 Å². The van der Waals surface area contributed by atoms with Crippen molar-refractivity contribution in [1.82, 2.24) is 0 Å². The van der Waals surface area contributed by atoms with E-state index in [0.717, 1.165) is 11.3 Å². The molecule has 0 saturated carbocycles. The monoisotopic (exact) mass is 339 g/mol. The van der Waals surface area contributed by atoms with Gasteiger partial charge in [0.15, 0.2) is 6.79 Å². The number of halogens is 2. The predicted octanol–water partition coefficient (Wildman–Crippen LogP) is 4.43. The minimum atomic E-state index is -0.374. The van der Waals surface area contributed by atoms with Crippen molar-refractivity contribution in [2.45, 2.75) is 6.42 Å². The van der Waals surface area contributed by atoms with E-state index < -0.39 is 0 Å². The highest BCUT2D eigenvalue weighted by Crippen LogP contribution is 2.33. The molecule has 0 amide bonds. The fourth-order valence-electron chi connectivity index (χ4n) is 1.88. The molecule has 2 rings (SSSR count). The van der Waals surface area contributed by atoms with Crippen molar-refractivity contribution < 1.29 is 14.3 Å². The zero-order chi connectivity index (χ0) is 15.9. The van der Waals surface area contributed by atoms with Crippen LogP contribution >= 0.6 is 23.2 Å². The van der Waals surface area contributed by atoms with Crippen molar-refractivity contribution in [3.63, 3.8) is 0 Å². The Morgan fingerprint density at radius 1 is 1.09 bits per heavy atom. The lowest BCUT2D eigenvalue weighted by atomic mass is 10.1. The van der Waals surface area contributed by atoms with E-state index in [4.69, 9.17) is 32.7 Å². The van der Waals surface area contributed by atoms with Crippen LogP contribution in [0.4, 0.5) is 11.4 Å². The molecule has 0 saturated heterocycles. The Labute approximate surface area is 138 Å². The fraction of sp³-hybridized carbons (Fsp3) is 0.188. The van der Waals surface area contributed by atoms with E-state index in [1.807, 2.05) is 24.3 Å². The molecular weight excluding hydrogens is 325 g/mol. The van der Waals surface area contributed by atoms with Crippen LogP contribution in [0.3, 0.4) is 0 Å². The Balaban J connectivity index is 2.20. The van der Waals surface area contributed by atoms with Gasteiger partial charge < -0.3 is 14.8 Å². The Bertz CT molecular complexity index is 641. The maximum absolute atomic E-state index is 11.7. The quantitative estimate of drug-likeness (QED) is 0.624. The molecule has 0 spiro atoms. The highest BCUT2D eigenvalue weighted by Gasteiger charge is 2.11. The van der Waals surface area contributed by atoms with E-state index in [-0.39, 0.29) is 19.2 Å². The van der Waals surface area contributed by atoms with Gasteiger partial charge in [0.1, 0.15) is 0 Å². The Morgan fingerprint density at radius 2 is 1.77 bits per heavy atom. The van der Waals surface area contributed by atoms with Crippen molar-refractivity contribution in [3.05, 3.63) is 58.1 Å². The molecule has 0 aromatic heterocycles. The lowest BCUT2D eigenvalue weighted by Crippen LogP contribution is -2.11. The second-order valence-electron chi connectivity index (χ2n) is 4.48. The zero-order valence-corrected chi connectivity index (χ0v) is 13.4. The number of carbonyl (C=O) groups excluding carboxylic acids is 1. The molecule has 0 aliphatic heterocycles. The molecular formula is C16H15Cl2NO3. The van der Waals surface area contributed by atoms with Crippen LogP contribution in [0, 0.1) is 0 Å². The third kappa shape index (κ3) is 4.37. The normalized spacial score (nSPS) is 10.3. The van der Waals surface area contributed by atoms with Crippen LogP contribution in [0.15, 0.2) is 42.5 Å². The van der Waals surface area contributed by atoms with Crippen LogP contribution < -0.4 is 5.32 Å². The zero-order valence-electron chi connectivity index (χ0n) is 11.9. The van der Waals surface area contributed by atoms with E-state index in [0.29, 0.717) is 15.7 Å². The topological polar surface area (TPSA) is 47.6 Å². The summed E-state index contributed by atoms with van der Waals surface area (Å²) in [7, 11) is 1.46. The third-order valence-corrected chi connectivity index (χ3v) is 3.54. The molecule has 0 unspecified atom stereocenters. The first-order valence-electron chi connectivity index (χ1n) is 6.55. The minimum Gasteiger partial charge on any atom is -0.438 e. The molecule has 0 bridgehead atoms. The number of para-hydroxylation sites is 2. The van der Waals surface area contributed by atoms with E-state index >= 15 is 0 Å². The molecule has 2 aromatic carbocycles. The van der Waals surface area contributed by atoms with E-state index in [9.17, 15) is 4.79 Å². The second-order valence-corrected chi connectivity index (χ2v) is 5.29. The third-order valence-electron chi connectivity index (χ3n) is 2.91. The van der Waals surface area contributed by atoms with Gasteiger partial charge in [-0.3, -0.25) is 4.79 Å². The summed E-state index contributed by atoms with van der Waals surface area (Å²) in [5, 5.41) is 4.18. The Morgan fingerprint density at radius 3 is 2.45 bits per heavy atom. The predicted molar refractivity (Wildman–Crippen MR) is 87.9 cm³/mol. The van der Waals surface area contributed by atoms with E-state index in [1.54, 1.807) is 18.2 Å². The molecule has 0 radical (unpaired) electrons. The summed E-state index contributed by atoms with van der Waals surface area (Å²) in [6, 6.07) is 12.6. The number of anilines is 2. The number of methoxy groups -OCH3 is 1. The molecule has 2 aromatic rings. The smallest absolute Gasteiger partial charge is 0.312 e. The average molecular weight is 340 g/mol. The van der Waals surface area contributed by atoms with Crippen LogP contribution in [0.1, 0.15) is 5.56 Å². The van der Waals surface area contributed by atoms with Gasteiger partial charge in [-0.15, -0.1) is 0 Å². The number of nitrogens with one attached hydrogen (secondary N) is 1. The largest absolute Gasteiger partial charge is 0.438 e. The Kier molecular flexibility index (Phi) is 6.07. The number of benzene rings is 2. The number of ether oxygens (including phenoxy) is 2. The fourth-order valence-corrected chi connectivity index (χ4v) is 2.37. The van der Waals surface area contributed by atoms with Gasteiger partial charge in [-0.2, -0.15) is 0 Å². The van der Waals surface area contributed by atoms with Gasteiger partial charge >= 0.3 is 5.97 Å². The van der Waals surface area contributed by atoms with Crippen LogP contribution in [0.2, 0.25) is 10.0 Å². The van der Waals surface area contributed by atoms with Crippen LogP contribution in [-0.4, -0.2) is 19.9 Å². The summed E-state index contributed by atoms with van der Waals surface area (Å²) < 4.78 is 9.62. The maximum atomic E-state index is 11.7. The number of esters is 1. The lowest BCUT2D eigenvalue weighted by molar-refractivity contribution is -0.153. The second kappa shape index (κ2) is 8.03. The van der Waals surface area contributed by atoms with Gasteiger partial charge in [-0.05, 0) is 23.8 Å². The number of carbonyl (C=O) groups is 1. The summed E-state index contributed by atoms with van der Waals surface area (Å²) in [5.74, 6) is -0.374. The molecule has 22 heavy (non-hydrogen) atoms. The van der Waals surface area contributed by atoms with Crippen molar-refractivity contribution in [1.29, 1.82) is 0 Å². The first-order chi connectivity index (χ1) is 10.6. The van der Waals surface area contributed by atoms with Gasteiger partial charge in [-0.1, -0.05) is 47.5 Å². The summed E-state index contributed by atoms with van der Waals surface area (Å²) in [6.45, 7) is -0.0647. The van der Waals surface area contributed by atoms with Crippen molar-refractivity contribution in [3.8, 4) is 0 Å². The molecule has 1 N–H and O–H groups in total. The first-order valence-corrected chi connectivity index (χ1v) is 7.31. The molecule has 0 aliphatic rings. The molecule has 0 fully saturated rings. The van der Waals surface area contributed by atoms with Gasteiger partial charge in [0.05, 0.1) is 22.2 Å². The molecule has 0 atom stereocenters. The summed E-state index contributed by atoms with van der Waals surface area (Å²) >= 11 is 12.3. The number of hydrogen-bond acceptors (Lipinski definition) is 4. The SMILES string of the molecule is COCOC(=O)Cc1ccccc1Nc1c(Cl)cccc1Cl.